The first-order chi connectivity index (χ1) is 9.67. The molecular weight excluding hydrogens is 258 g/mol. The molecule has 0 radical (unpaired) electrons. The number of aromatic amines is 1. The maximum atomic E-state index is 11.7. The zero-order valence-electron chi connectivity index (χ0n) is 11.1. The molecule has 1 heterocycles. The second-order valence-electron chi connectivity index (χ2n) is 4.04. The number of ether oxygens (including phenoxy) is 2. The maximum Gasteiger partial charge on any atom is 0.251 e. The van der Waals surface area contributed by atoms with Crippen LogP contribution in [-0.2, 0) is 11.3 Å². The van der Waals surface area contributed by atoms with Crippen LogP contribution >= 0.6 is 0 Å². The van der Waals surface area contributed by atoms with Gasteiger partial charge in [0.15, 0.2) is 0 Å². The molecular formula is C14H13N3O3. The molecule has 0 aliphatic carbocycles. The van der Waals surface area contributed by atoms with Crippen molar-refractivity contribution >= 4 is 0 Å². The van der Waals surface area contributed by atoms with E-state index in [0.717, 1.165) is 0 Å². The molecule has 2 aromatic rings. The maximum absolute atomic E-state index is 11.7. The molecule has 0 saturated heterocycles. The number of hydrogen-bond acceptors (Lipinski definition) is 5. The molecule has 0 atom stereocenters. The Morgan fingerprint density at radius 3 is 2.80 bits per heavy atom. The Balaban J connectivity index is 2.61. The van der Waals surface area contributed by atoms with Gasteiger partial charge in [0.1, 0.15) is 18.2 Å². The second-order valence-corrected chi connectivity index (χ2v) is 4.04. The molecule has 0 spiro atoms. The highest BCUT2D eigenvalue weighted by Gasteiger charge is 2.11. The first-order valence-corrected chi connectivity index (χ1v) is 5.85. The molecule has 0 aliphatic rings. The predicted octanol–water partition coefficient (Wildman–Crippen LogP) is 1.46. The molecule has 0 saturated carbocycles. The molecule has 1 N–H and O–H groups in total. The third-order valence-corrected chi connectivity index (χ3v) is 2.68. The standard InChI is InChI=1S/C14H13N3O3/c1-19-8-13-16-11(6-14(18)17-13)10-5-9(7-15)3-4-12(10)20-2/h3-6H,8H2,1-2H3,(H,16,17,18). The van der Waals surface area contributed by atoms with Crippen molar-refractivity contribution in [3.63, 3.8) is 0 Å². The Morgan fingerprint density at radius 1 is 1.35 bits per heavy atom. The monoisotopic (exact) mass is 271 g/mol. The molecule has 20 heavy (non-hydrogen) atoms. The van der Waals surface area contributed by atoms with Crippen molar-refractivity contribution in [1.29, 1.82) is 5.26 Å². The molecule has 1 aromatic carbocycles. The van der Waals surface area contributed by atoms with Gasteiger partial charge in [0.2, 0.25) is 0 Å². The van der Waals surface area contributed by atoms with Gasteiger partial charge in [-0.05, 0) is 18.2 Å². The molecule has 0 bridgehead atoms. The van der Waals surface area contributed by atoms with Crippen molar-refractivity contribution in [2.75, 3.05) is 14.2 Å². The van der Waals surface area contributed by atoms with E-state index in [4.69, 9.17) is 14.7 Å². The van der Waals surface area contributed by atoms with Gasteiger partial charge in [-0.25, -0.2) is 4.98 Å². The normalized spacial score (nSPS) is 10.1. The summed E-state index contributed by atoms with van der Waals surface area (Å²) in [5, 5.41) is 8.97. The molecule has 0 unspecified atom stereocenters. The fourth-order valence-corrected chi connectivity index (χ4v) is 1.83. The lowest BCUT2D eigenvalue weighted by Gasteiger charge is -2.09. The number of nitriles is 1. The predicted molar refractivity (Wildman–Crippen MR) is 72.3 cm³/mol. The summed E-state index contributed by atoms with van der Waals surface area (Å²) in [6.45, 7) is 0.198. The summed E-state index contributed by atoms with van der Waals surface area (Å²) in [5.74, 6) is 0.963. The van der Waals surface area contributed by atoms with Crippen molar-refractivity contribution in [2.45, 2.75) is 6.61 Å². The van der Waals surface area contributed by atoms with Crippen molar-refractivity contribution in [1.82, 2.24) is 9.97 Å². The molecule has 0 fully saturated rings. The van der Waals surface area contributed by atoms with Crippen molar-refractivity contribution in [2.24, 2.45) is 0 Å². The Kier molecular flexibility index (Phi) is 4.13. The number of nitrogens with zero attached hydrogens (tertiary/aromatic N) is 2. The van der Waals surface area contributed by atoms with E-state index >= 15 is 0 Å². The Bertz CT molecular complexity index is 716. The summed E-state index contributed by atoms with van der Waals surface area (Å²) in [5.41, 5.74) is 1.22. The van der Waals surface area contributed by atoms with Gasteiger partial charge < -0.3 is 14.5 Å². The zero-order valence-corrected chi connectivity index (χ0v) is 11.1. The van der Waals surface area contributed by atoms with E-state index in [2.05, 4.69) is 9.97 Å². The average Bonchev–Trinajstić information content (AvgIpc) is 2.46. The molecule has 0 amide bonds. The van der Waals surface area contributed by atoms with E-state index in [1.54, 1.807) is 18.2 Å². The van der Waals surface area contributed by atoms with Crippen LogP contribution in [-0.4, -0.2) is 24.2 Å². The minimum atomic E-state index is -0.286. The van der Waals surface area contributed by atoms with Crippen LogP contribution in [0.1, 0.15) is 11.4 Å². The van der Waals surface area contributed by atoms with Gasteiger partial charge in [0, 0.05) is 18.7 Å². The van der Waals surface area contributed by atoms with Crippen LogP contribution in [0.15, 0.2) is 29.1 Å². The summed E-state index contributed by atoms with van der Waals surface area (Å²) in [6.07, 6.45) is 0. The quantitative estimate of drug-likeness (QED) is 0.909. The van der Waals surface area contributed by atoms with Crippen molar-refractivity contribution in [3.8, 4) is 23.1 Å². The number of methoxy groups -OCH3 is 2. The molecule has 2 rings (SSSR count). The summed E-state index contributed by atoms with van der Waals surface area (Å²) in [6, 6.07) is 8.36. The molecule has 102 valence electrons. The number of hydrogen-bond donors (Lipinski definition) is 1. The van der Waals surface area contributed by atoms with Gasteiger partial charge in [-0.15, -0.1) is 0 Å². The van der Waals surface area contributed by atoms with Gasteiger partial charge >= 0.3 is 0 Å². The topological polar surface area (TPSA) is 88.0 Å². The molecule has 1 aromatic heterocycles. The summed E-state index contributed by atoms with van der Waals surface area (Å²) in [4.78, 5) is 18.6. The van der Waals surface area contributed by atoms with E-state index in [1.807, 2.05) is 6.07 Å². The zero-order chi connectivity index (χ0) is 14.5. The fourth-order valence-electron chi connectivity index (χ4n) is 1.83. The van der Waals surface area contributed by atoms with Crippen LogP contribution < -0.4 is 10.3 Å². The number of nitrogens with one attached hydrogen (secondary N) is 1. The number of H-pyrrole nitrogens is 1. The van der Waals surface area contributed by atoms with Crippen LogP contribution in [0.3, 0.4) is 0 Å². The van der Waals surface area contributed by atoms with Gasteiger partial charge in [-0.3, -0.25) is 4.79 Å². The van der Waals surface area contributed by atoms with E-state index in [1.165, 1.54) is 20.3 Å². The van der Waals surface area contributed by atoms with Gasteiger partial charge in [0.05, 0.1) is 24.4 Å². The molecule has 6 nitrogen and oxygen atoms in total. The Hall–Kier alpha value is -2.65. The minimum absolute atomic E-state index is 0.198. The van der Waals surface area contributed by atoms with E-state index < -0.39 is 0 Å². The third-order valence-electron chi connectivity index (χ3n) is 2.68. The first-order valence-electron chi connectivity index (χ1n) is 5.85. The highest BCUT2D eigenvalue weighted by molar-refractivity contribution is 5.68. The largest absolute Gasteiger partial charge is 0.496 e. The van der Waals surface area contributed by atoms with Gasteiger partial charge in [-0.2, -0.15) is 5.26 Å². The number of rotatable bonds is 4. The summed E-state index contributed by atoms with van der Waals surface area (Å²) >= 11 is 0. The minimum Gasteiger partial charge on any atom is -0.496 e. The summed E-state index contributed by atoms with van der Waals surface area (Å²) < 4.78 is 10.2. The van der Waals surface area contributed by atoms with Crippen LogP contribution in [0.25, 0.3) is 11.3 Å². The fraction of sp³-hybridized carbons (Fsp3) is 0.214. The smallest absolute Gasteiger partial charge is 0.251 e. The lowest BCUT2D eigenvalue weighted by Crippen LogP contribution is -2.12. The van der Waals surface area contributed by atoms with Crippen LogP contribution in [0.2, 0.25) is 0 Å². The average molecular weight is 271 g/mol. The SMILES string of the molecule is COCc1nc(-c2cc(C#N)ccc2OC)cc(=O)[nH]1. The Labute approximate surface area is 115 Å². The van der Waals surface area contributed by atoms with E-state index in [9.17, 15) is 4.79 Å². The highest BCUT2D eigenvalue weighted by atomic mass is 16.5. The molecule has 6 heteroatoms. The Morgan fingerprint density at radius 2 is 2.15 bits per heavy atom. The van der Waals surface area contributed by atoms with E-state index in [-0.39, 0.29) is 12.2 Å². The summed E-state index contributed by atoms with van der Waals surface area (Å²) in [7, 11) is 3.04. The second kappa shape index (κ2) is 5.99. The number of benzene rings is 1. The third kappa shape index (κ3) is 2.84. The van der Waals surface area contributed by atoms with Gasteiger partial charge in [0.25, 0.3) is 5.56 Å². The lowest BCUT2D eigenvalue weighted by atomic mass is 10.1. The van der Waals surface area contributed by atoms with Crippen molar-refractivity contribution in [3.05, 3.63) is 46.0 Å². The number of aromatic nitrogens is 2. The molecule has 0 aliphatic heterocycles. The first kappa shape index (κ1) is 13.8. The van der Waals surface area contributed by atoms with Crippen LogP contribution in [0.4, 0.5) is 0 Å². The lowest BCUT2D eigenvalue weighted by molar-refractivity contribution is 0.177. The van der Waals surface area contributed by atoms with Crippen molar-refractivity contribution < 1.29 is 9.47 Å². The van der Waals surface area contributed by atoms with Crippen LogP contribution in [0, 0.1) is 11.3 Å². The van der Waals surface area contributed by atoms with E-state index in [0.29, 0.717) is 28.4 Å². The highest BCUT2D eigenvalue weighted by Crippen LogP contribution is 2.28. The van der Waals surface area contributed by atoms with Crippen LogP contribution in [0.5, 0.6) is 5.75 Å². The van der Waals surface area contributed by atoms with Gasteiger partial charge in [-0.1, -0.05) is 0 Å².